The van der Waals surface area contributed by atoms with Crippen LogP contribution in [0.5, 0.6) is 0 Å². The Hall–Kier alpha value is -2.10. The van der Waals surface area contributed by atoms with Crippen molar-refractivity contribution in [2.75, 3.05) is 5.32 Å². The van der Waals surface area contributed by atoms with Gasteiger partial charge in [0.25, 0.3) is 5.56 Å². The first-order chi connectivity index (χ1) is 9.26. The van der Waals surface area contributed by atoms with Crippen LogP contribution in [0.25, 0.3) is 0 Å². The first-order valence-corrected chi connectivity index (χ1v) is 6.62. The van der Waals surface area contributed by atoms with E-state index in [1.165, 1.54) is 11.1 Å². The normalized spacial score (nSPS) is 10.4. The summed E-state index contributed by atoms with van der Waals surface area (Å²) in [6, 6.07) is 8.24. The molecule has 1 N–H and O–H groups in total. The van der Waals surface area contributed by atoms with Crippen molar-refractivity contribution in [3.8, 4) is 0 Å². The summed E-state index contributed by atoms with van der Waals surface area (Å²) in [5.74, 6) is 0.412. The van der Waals surface area contributed by atoms with Crippen molar-refractivity contribution in [1.82, 2.24) is 9.55 Å². The fourth-order valence-electron chi connectivity index (χ4n) is 2.07. The average molecular weight is 257 g/mol. The Labute approximate surface area is 113 Å². The number of benzene rings is 1. The summed E-state index contributed by atoms with van der Waals surface area (Å²) in [5.41, 5.74) is 2.43. The Morgan fingerprint density at radius 1 is 1.21 bits per heavy atom. The molecule has 1 heterocycles. The number of nitrogens with zero attached hydrogens (tertiary/aromatic N) is 2. The van der Waals surface area contributed by atoms with E-state index < -0.39 is 0 Å². The average Bonchev–Trinajstić information content (AvgIpc) is 2.46. The zero-order chi connectivity index (χ0) is 13.7. The molecule has 19 heavy (non-hydrogen) atoms. The highest BCUT2D eigenvalue weighted by Crippen LogP contribution is 2.10. The van der Waals surface area contributed by atoms with Crippen LogP contribution in [0.3, 0.4) is 0 Å². The standard InChI is InChI=1S/C15H19N3O/c1-3-12-7-5-6-8-13(12)11-17-14-15(19)18(4-2)10-9-16-14/h5-10H,3-4,11H2,1-2H3,(H,16,17). The molecule has 1 aromatic heterocycles. The van der Waals surface area contributed by atoms with Gasteiger partial charge in [0.2, 0.25) is 0 Å². The first-order valence-electron chi connectivity index (χ1n) is 6.62. The van der Waals surface area contributed by atoms with E-state index in [0.717, 1.165) is 6.42 Å². The molecule has 0 spiro atoms. The third kappa shape index (κ3) is 3.02. The fourth-order valence-corrected chi connectivity index (χ4v) is 2.07. The van der Waals surface area contributed by atoms with Crippen molar-refractivity contribution in [1.29, 1.82) is 0 Å². The minimum Gasteiger partial charge on any atom is -0.361 e. The largest absolute Gasteiger partial charge is 0.361 e. The second-order valence-electron chi connectivity index (χ2n) is 4.34. The first kappa shape index (κ1) is 13.3. The molecule has 100 valence electrons. The van der Waals surface area contributed by atoms with Gasteiger partial charge in [-0.1, -0.05) is 31.2 Å². The predicted molar refractivity (Wildman–Crippen MR) is 77.3 cm³/mol. The van der Waals surface area contributed by atoms with Gasteiger partial charge in [0, 0.05) is 25.5 Å². The van der Waals surface area contributed by atoms with E-state index in [1.807, 2.05) is 19.1 Å². The molecule has 4 heteroatoms. The van der Waals surface area contributed by atoms with Crippen molar-refractivity contribution in [3.63, 3.8) is 0 Å². The third-order valence-corrected chi connectivity index (χ3v) is 3.20. The van der Waals surface area contributed by atoms with Crippen molar-refractivity contribution in [2.45, 2.75) is 33.4 Å². The fraction of sp³-hybridized carbons (Fsp3) is 0.333. The molecule has 0 radical (unpaired) electrons. The highest BCUT2D eigenvalue weighted by molar-refractivity contribution is 5.35. The van der Waals surface area contributed by atoms with Crippen LogP contribution in [0.2, 0.25) is 0 Å². The lowest BCUT2D eigenvalue weighted by Crippen LogP contribution is -2.23. The van der Waals surface area contributed by atoms with Gasteiger partial charge >= 0.3 is 0 Å². The van der Waals surface area contributed by atoms with E-state index in [2.05, 4.69) is 29.4 Å². The molecule has 0 bridgehead atoms. The van der Waals surface area contributed by atoms with Crippen LogP contribution in [0.4, 0.5) is 5.82 Å². The maximum absolute atomic E-state index is 12.0. The lowest BCUT2D eigenvalue weighted by molar-refractivity contribution is 0.718. The van der Waals surface area contributed by atoms with Crippen molar-refractivity contribution in [2.24, 2.45) is 0 Å². The second kappa shape index (κ2) is 6.18. The number of anilines is 1. The van der Waals surface area contributed by atoms with Crippen molar-refractivity contribution >= 4 is 5.82 Å². The Morgan fingerprint density at radius 3 is 2.63 bits per heavy atom. The minimum atomic E-state index is -0.0704. The summed E-state index contributed by atoms with van der Waals surface area (Å²) < 4.78 is 1.64. The Kier molecular flexibility index (Phi) is 4.34. The summed E-state index contributed by atoms with van der Waals surface area (Å²) >= 11 is 0. The van der Waals surface area contributed by atoms with Crippen molar-refractivity contribution < 1.29 is 0 Å². The van der Waals surface area contributed by atoms with Crippen LogP contribution in [0, 0.1) is 0 Å². The summed E-state index contributed by atoms with van der Waals surface area (Å²) in [6.45, 7) is 5.35. The van der Waals surface area contributed by atoms with Gasteiger partial charge in [-0.15, -0.1) is 0 Å². The van der Waals surface area contributed by atoms with E-state index in [0.29, 0.717) is 18.9 Å². The van der Waals surface area contributed by atoms with Crippen LogP contribution in [0.15, 0.2) is 41.5 Å². The number of hydrogen-bond acceptors (Lipinski definition) is 3. The monoisotopic (exact) mass is 257 g/mol. The SMILES string of the molecule is CCc1ccccc1CNc1nccn(CC)c1=O. The van der Waals surface area contributed by atoms with Crippen LogP contribution in [0.1, 0.15) is 25.0 Å². The van der Waals surface area contributed by atoms with Crippen molar-refractivity contribution in [3.05, 3.63) is 58.1 Å². The van der Waals surface area contributed by atoms with E-state index in [-0.39, 0.29) is 5.56 Å². The number of hydrogen-bond donors (Lipinski definition) is 1. The molecule has 0 fully saturated rings. The number of aryl methyl sites for hydroxylation is 2. The summed E-state index contributed by atoms with van der Waals surface area (Å²) in [5, 5.41) is 3.13. The van der Waals surface area contributed by atoms with Gasteiger partial charge in [-0.3, -0.25) is 4.79 Å². The minimum absolute atomic E-state index is 0.0704. The van der Waals surface area contributed by atoms with Crippen LogP contribution in [-0.2, 0) is 19.5 Å². The maximum Gasteiger partial charge on any atom is 0.293 e. The molecule has 0 aliphatic heterocycles. The molecular formula is C15H19N3O. The molecular weight excluding hydrogens is 238 g/mol. The van der Waals surface area contributed by atoms with Gasteiger partial charge in [0.05, 0.1) is 0 Å². The third-order valence-electron chi connectivity index (χ3n) is 3.20. The Balaban J connectivity index is 2.17. The number of nitrogens with one attached hydrogen (secondary N) is 1. The van der Waals surface area contributed by atoms with E-state index in [4.69, 9.17) is 0 Å². The van der Waals surface area contributed by atoms with Gasteiger partial charge in [-0.25, -0.2) is 4.98 Å². The number of aromatic nitrogens is 2. The van der Waals surface area contributed by atoms with Gasteiger partial charge in [0.15, 0.2) is 5.82 Å². The molecule has 4 nitrogen and oxygen atoms in total. The lowest BCUT2D eigenvalue weighted by Gasteiger charge is -2.10. The molecule has 0 aliphatic carbocycles. The van der Waals surface area contributed by atoms with Gasteiger partial charge in [0.1, 0.15) is 0 Å². The smallest absolute Gasteiger partial charge is 0.293 e. The number of rotatable bonds is 5. The van der Waals surface area contributed by atoms with Gasteiger partial charge < -0.3 is 9.88 Å². The van der Waals surface area contributed by atoms with Crippen LogP contribution in [-0.4, -0.2) is 9.55 Å². The lowest BCUT2D eigenvalue weighted by atomic mass is 10.1. The predicted octanol–water partition coefficient (Wildman–Crippen LogP) is 2.44. The second-order valence-corrected chi connectivity index (χ2v) is 4.34. The summed E-state index contributed by atoms with van der Waals surface area (Å²) in [6.07, 6.45) is 4.34. The molecule has 2 rings (SSSR count). The summed E-state index contributed by atoms with van der Waals surface area (Å²) in [7, 11) is 0. The topological polar surface area (TPSA) is 46.9 Å². The van der Waals surface area contributed by atoms with Gasteiger partial charge in [-0.2, -0.15) is 0 Å². The van der Waals surface area contributed by atoms with Gasteiger partial charge in [-0.05, 0) is 24.5 Å². The molecule has 0 amide bonds. The zero-order valence-corrected chi connectivity index (χ0v) is 11.4. The maximum atomic E-state index is 12.0. The zero-order valence-electron chi connectivity index (χ0n) is 11.4. The molecule has 1 aromatic carbocycles. The summed E-state index contributed by atoms with van der Waals surface area (Å²) in [4.78, 5) is 16.1. The van der Waals surface area contributed by atoms with E-state index in [9.17, 15) is 4.79 Å². The highest BCUT2D eigenvalue weighted by Gasteiger charge is 2.04. The van der Waals surface area contributed by atoms with Crippen LogP contribution < -0.4 is 10.9 Å². The Bertz CT molecular complexity index is 604. The molecule has 0 aliphatic rings. The quantitative estimate of drug-likeness (QED) is 0.895. The van der Waals surface area contributed by atoms with E-state index in [1.54, 1.807) is 17.0 Å². The highest BCUT2D eigenvalue weighted by atomic mass is 16.1. The molecule has 2 aromatic rings. The van der Waals surface area contributed by atoms with E-state index >= 15 is 0 Å². The van der Waals surface area contributed by atoms with Crippen LogP contribution >= 0.6 is 0 Å². The molecule has 0 unspecified atom stereocenters. The molecule has 0 saturated heterocycles. The molecule has 0 atom stereocenters. The Morgan fingerprint density at radius 2 is 1.95 bits per heavy atom. The molecule has 0 saturated carbocycles.